The predicted molar refractivity (Wildman–Crippen MR) is 83.2 cm³/mol. The summed E-state index contributed by atoms with van der Waals surface area (Å²) in [6, 6.07) is 0. The quantitative estimate of drug-likeness (QED) is 0.643. The van der Waals surface area contributed by atoms with Gasteiger partial charge in [-0.05, 0) is 44.8 Å². The van der Waals surface area contributed by atoms with Crippen LogP contribution in [0.1, 0.15) is 71.6 Å². The number of rotatable bonds is 5. The zero-order valence-corrected chi connectivity index (χ0v) is 13.6. The van der Waals surface area contributed by atoms with Crippen molar-refractivity contribution in [3.8, 4) is 0 Å². The Balaban J connectivity index is 0.000000284. The number of halogens is 1. The van der Waals surface area contributed by atoms with E-state index in [1.165, 1.54) is 77.4 Å². The maximum atomic E-state index is 2.58. The minimum Gasteiger partial charge on any atom is -0.303 e. The third kappa shape index (κ3) is 8.20. The first kappa shape index (κ1) is 17.4. The number of nitrogens with zero attached hydrogens (tertiary/aromatic N) is 1. The van der Waals surface area contributed by atoms with E-state index in [0.29, 0.717) is 0 Å². The fourth-order valence-corrected chi connectivity index (χ4v) is 2.72. The maximum absolute atomic E-state index is 2.58. The third-order valence-electron chi connectivity index (χ3n) is 4.02. The van der Waals surface area contributed by atoms with Crippen LogP contribution >= 0.6 is 17.0 Å². The van der Waals surface area contributed by atoms with Gasteiger partial charge in [0.1, 0.15) is 0 Å². The van der Waals surface area contributed by atoms with E-state index in [-0.39, 0.29) is 17.0 Å². The van der Waals surface area contributed by atoms with Crippen molar-refractivity contribution in [1.29, 1.82) is 0 Å². The van der Waals surface area contributed by atoms with Crippen molar-refractivity contribution in [2.75, 3.05) is 19.6 Å². The molecule has 3 fully saturated rings. The molecule has 0 atom stereocenters. The number of hydrogen-bond donors (Lipinski definition) is 0. The monoisotopic (exact) mass is 305 g/mol. The highest BCUT2D eigenvalue weighted by Gasteiger charge is 2.24. The van der Waals surface area contributed by atoms with E-state index in [4.69, 9.17) is 0 Å². The van der Waals surface area contributed by atoms with Gasteiger partial charge in [0.2, 0.25) is 0 Å². The predicted octanol–water partition coefficient (Wildman–Crippen LogP) is 5.05. The van der Waals surface area contributed by atoms with Crippen LogP contribution in [-0.2, 0) is 0 Å². The van der Waals surface area contributed by atoms with Crippen molar-refractivity contribution in [3.05, 3.63) is 0 Å². The molecule has 0 aromatic heterocycles. The Morgan fingerprint density at radius 1 is 0.765 bits per heavy atom. The van der Waals surface area contributed by atoms with Crippen LogP contribution < -0.4 is 0 Å². The molecule has 17 heavy (non-hydrogen) atoms. The van der Waals surface area contributed by atoms with Crippen LogP contribution in [0.2, 0.25) is 0 Å². The zero-order chi connectivity index (χ0) is 11.6. The summed E-state index contributed by atoms with van der Waals surface area (Å²) in [5.74, 6) is 1.11. The van der Waals surface area contributed by atoms with Gasteiger partial charge in [-0.15, -0.1) is 17.0 Å². The number of fused-ring (bicyclic) bond motifs is 3. The molecule has 0 aliphatic carbocycles. The first-order valence-electron chi connectivity index (χ1n) is 7.59. The summed E-state index contributed by atoms with van der Waals surface area (Å²) in [6.45, 7) is 8.69. The van der Waals surface area contributed by atoms with Gasteiger partial charge in [0.15, 0.2) is 0 Å². The Labute approximate surface area is 119 Å². The molecule has 2 bridgehead atoms. The minimum absolute atomic E-state index is 0. The average molecular weight is 306 g/mol. The Bertz CT molecular complexity index is 124. The second-order valence-electron chi connectivity index (χ2n) is 5.49. The van der Waals surface area contributed by atoms with Crippen LogP contribution in [0, 0.1) is 5.92 Å². The lowest BCUT2D eigenvalue weighted by Crippen LogP contribution is -2.41. The summed E-state index contributed by atoms with van der Waals surface area (Å²) < 4.78 is 0. The zero-order valence-electron chi connectivity index (χ0n) is 11.9. The molecule has 3 saturated heterocycles. The molecule has 3 aliphatic heterocycles. The maximum Gasteiger partial charge on any atom is -0.00161 e. The fourth-order valence-electron chi connectivity index (χ4n) is 2.72. The lowest BCUT2D eigenvalue weighted by atomic mass is 9.89. The molecule has 0 aromatic rings. The van der Waals surface area contributed by atoms with E-state index in [0.717, 1.165) is 5.92 Å². The summed E-state index contributed by atoms with van der Waals surface area (Å²) in [4.78, 5) is 2.58. The van der Waals surface area contributed by atoms with Crippen LogP contribution in [0.25, 0.3) is 0 Å². The topological polar surface area (TPSA) is 3.24 Å². The first-order chi connectivity index (χ1) is 7.86. The smallest absolute Gasteiger partial charge is 0.00161 e. The number of unbranched alkanes of at least 4 members (excludes halogenated alkanes) is 5. The standard InChI is InChI=1S/C8H18.C7H13N.BrH/c1-3-5-7-8-6-4-2;1-4-8-5-2-7(1)3-6-8;/h3-8H2,1-2H3;7H,1-6H2;1H. The summed E-state index contributed by atoms with van der Waals surface area (Å²) >= 11 is 0. The lowest BCUT2D eigenvalue weighted by Gasteiger charge is -2.38. The summed E-state index contributed by atoms with van der Waals surface area (Å²) in [6.07, 6.45) is 12.9. The van der Waals surface area contributed by atoms with Gasteiger partial charge in [0.25, 0.3) is 0 Å². The van der Waals surface area contributed by atoms with Gasteiger partial charge in [-0.3, -0.25) is 0 Å². The molecule has 0 saturated carbocycles. The molecule has 0 N–H and O–H groups in total. The van der Waals surface area contributed by atoms with Gasteiger partial charge < -0.3 is 4.90 Å². The first-order valence-corrected chi connectivity index (χ1v) is 7.59. The van der Waals surface area contributed by atoms with E-state index >= 15 is 0 Å². The van der Waals surface area contributed by atoms with Crippen LogP contribution in [-0.4, -0.2) is 24.5 Å². The van der Waals surface area contributed by atoms with E-state index in [1.807, 2.05) is 0 Å². The van der Waals surface area contributed by atoms with E-state index in [1.54, 1.807) is 0 Å². The number of hydrogen-bond acceptors (Lipinski definition) is 1. The van der Waals surface area contributed by atoms with Crippen molar-refractivity contribution in [2.45, 2.75) is 71.6 Å². The molecule has 3 aliphatic rings. The van der Waals surface area contributed by atoms with Crippen LogP contribution in [0.5, 0.6) is 0 Å². The van der Waals surface area contributed by atoms with Gasteiger partial charge in [0, 0.05) is 0 Å². The van der Waals surface area contributed by atoms with Gasteiger partial charge >= 0.3 is 0 Å². The van der Waals surface area contributed by atoms with Crippen molar-refractivity contribution in [3.63, 3.8) is 0 Å². The van der Waals surface area contributed by atoms with Crippen molar-refractivity contribution >= 4 is 17.0 Å². The largest absolute Gasteiger partial charge is 0.303 e. The van der Waals surface area contributed by atoms with Gasteiger partial charge in [-0.25, -0.2) is 0 Å². The average Bonchev–Trinajstić information content (AvgIpc) is 2.38. The summed E-state index contributed by atoms with van der Waals surface area (Å²) in [7, 11) is 0. The highest BCUT2D eigenvalue weighted by molar-refractivity contribution is 8.93. The Morgan fingerprint density at radius 3 is 1.35 bits per heavy atom. The lowest BCUT2D eigenvalue weighted by molar-refractivity contribution is 0.111. The van der Waals surface area contributed by atoms with Gasteiger partial charge in [0.05, 0.1) is 0 Å². The second kappa shape index (κ2) is 11.5. The van der Waals surface area contributed by atoms with E-state index in [9.17, 15) is 0 Å². The molecule has 3 heterocycles. The third-order valence-corrected chi connectivity index (χ3v) is 4.02. The molecule has 0 amide bonds. The molecule has 0 radical (unpaired) electrons. The van der Waals surface area contributed by atoms with Crippen LogP contribution in [0.4, 0.5) is 0 Å². The molecule has 2 heteroatoms. The highest BCUT2D eigenvalue weighted by Crippen LogP contribution is 2.26. The van der Waals surface area contributed by atoms with E-state index in [2.05, 4.69) is 18.7 Å². The SMILES string of the molecule is Br.C1CN2CCC1CC2.CCCCCCCC. The molecule has 104 valence electrons. The van der Waals surface area contributed by atoms with Crippen LogP contribution in [0.15, 0.2) is 0 Å². The molecule has 3 rings (SSSR count). The number of piperidine rings is 3. The van der Waals surface area contributed by atoms with Crippen molar-refractivity contribution in [2.24, 2.45) is 5.92 Å². The minimum atomic E-state index is 0. The molecule has 0 spiro atoms. The molecular weight excluding hydrogens is 274 g/mol. The Kier molecular flexibility index (Phi) is 11.8. The normalized spacial score (nSPS) is 25.8. The molecular formula is C15H32BrN. The summed E-state index contributed by atoms with van der Waals surface area (Å²) in [5.41, 5.74) is 0. The molecule has 0 unspecified atom stereocenters. The van der Waals surface area contributed by atoms with Gasteiger partial charge in [-0.1, -0.05) is 52.4 Å². The summed E-state index contributed by atoms with van der Waals surface area (Å²) in [5, 5.41) is 0. The van der Waals surface area contributed by atoms with E-state index < -0.39 is 0 Å². The fraction of sp³-hybridized carbons (Fsp3) is 1.00. The Morgan fingerprint density at radius 2 is 1.18 bits per heavy atom. The van der Waals surface area contributed by atoms with Crippen LogP contribution in [0.3, 0.4) is 0 Å². The molecule has 0 aromatic carbocycles. The second-order valence-corrected chi connectivity index (χ2v) is 5.49. The van der Waals surface area contributed by atoms with Gasteiger partial charge in [-0.2, -0.15) is 0 Å². The highest BCUT2D eigenvalue weighted by atomic mass is 79.9. The Hall–Kier alpha value is 0.440. The van der Waals surface area contributed by atoms with Crippen molar-refractivity contribution < 1.29 is 0 Å². The molecule has 1 nitrogen and oxygen atoms in total. The van der Waals surface area contributed by atoms with Crippen molar-refractivity contribution in [1.82, 2.24) is 4.90 Å².